The van der Waals surface area contributed by atoms with Crippen LogP contribution in [0.15, 0.2) is 70.7 Å². The maximum atomic E-state index is 12.7. The van der Waals surface area contributed by atoms with E-state index in [4.69, 9.17) is 0 Å². The predicted octanol–water partition coefficient (Wildman–Crippen LogP) is 1.72. The standard InChI is InChI=1S/C19H19N5O4S2/c25-29(26,24-19-21-9-1-10-22-19)17-6-3-16(4-7-17)23-30(27,28)18-5-2-14-8-11-20-13-15(14)12-18/h1-7,9-10,12,20,23H,8,11,13H2,(H,21,22,24). The SMILES string of the molecule is O=S(=O)(Nc1ccc(S(=O)(=O)Nc2ncccn2)cc1)c1ccc2c(c1)CNCC2. The summed E-state index contributed by atoms with van der Waals surface area (Å²) >= 11 is 0. The van der Waals surface area contributed by atoms with Gasteiger partial charge in [0.05, 0.1) is 9.79 Å². The molecule has 11 heteroatoms. The molecule has 1 aliphatic heterocycles. The molecule has 0 fully saturated rings. The van der Waals surface area contributed by atoms with Gasteiger partial charge in [0.25, 0.3) is 20.0 Å². The van der Waals surface area contributed by atoms with Crippen LogP contribution in [-0.4, -0.2) is 33.3 Å². The summed E-state index contributed by atoms with van der Waals surface area (Å²) in [5.41, 5.74) is 2.35. The van der Waals surface area contributed by atoms with Crippen molar-refractivity contribution in [2.24, 2.45) is 0 Å². The monoisotopic (exact) mass is 445 g/mol. The van der Waals surface area contributed by atoms with Gasteiger partial charge in [-0.15, -0.1) is 0 Å². The fourth-order valence-electron chi connectivity index (χ4n) is 3.07. The number of hydrogen-bond donors (Lipinski definition) is 3. The molecule has 156 valence electrons. The Morgan fingerprint density at radius 3 is 2.20 bits per heavy atom. The molecule has 0 amide bonds. The van der Waals surface area contributed by atoms with Gasteiger partial charge in [0.1, 0.15) is 0 Å². The smallest absolute Gasteiger partial charge is 0.264 e. The van der Waals surface area contributed by atoms with Gasteiger partial charge in [-0.25, -0.2) is 31.5 Å². The molecule has 4 rings (SSSR count). The highest BCUT2D eigenvalue weighted by Crippen LogP contribution is 2.22. The molecular weight excluding hydrogens is 426 g/mol. The molecule has 0 saturated heterocycles. The molecule has 1 aliphatic rings. The fraction of sp³-hybridized carbons (Fsp3) is 0.158. The summed E-state index contributed by atoms with van der Waals surface area (Å²) < 4.78 is 55.0. The number of hydrogen-bond acceptors (Lipinski definition) is 7. The number of benzene rings is 2. The molecule has 0 aliphatic carbocycles. The van der Waals surface area contributed by atoms with Crippen LogP contribution in [0.4, 0.5) is 11.6 Å². The summed E-state index contributed by atoms with van der Waals surface area (Å²) in [6, 6.07) is 12.0. The first-order valence-electron chi connectivity index (χ1n) is 9.09. The van der Waals surface area contributed by atoms with Crippen LogP contribution < -0.4 is 14.8 Å². The minimum absolute atomic E-state index is 0.0437. The average Bonchev–Trinajstić information content (AvgIpc) is 2.74. The molecule has 3 aromatic rings. The van der Waals surface area contributed by atoms with E-state index in [-0.39, 0.29) is 21.4 Å². The lowest BCUT2D eigenvalue weighted by Crippen LogP contribution is -2.24. The second-order valence-corrected chi connectivity index (χ2v) is 10.0. The van der Waals surface area contributed by atoms with Gasteiger partial charge < -0.3 is 5.32 Å². The van der Waals surface area contributed by atoms with Crippen molar-refractivity contribution in [1.82, 2.24) is 15.3 Å². The first-order valence-corrected chi connectivity index (χ1v) is 12.1. The number of anilines is 2. The Morgan fingerprint density at radius 2 is 1.47 bits per heavy atom. The number of nitrogens with zero attached hydrogens (tertiary/aromatic N) is 2. The van der Waals surface area contributed by atoms with Gasteiger partial charge in [-0.3, -0.25) is 4.72 Å². The van der Waals surface area contributed by atoms with Crippen LogP contribution in [-0.2, 0) is 33.0 Å². The summed E-state index contributed by atoms with van der Waals surface area (Å²) in [6.45, 7) is 1.50. The van der Waals surface area contributed by atoms with Gasteiger partial charge in [0, 0.05) is 24.6 Å². The molecule has 0 saturated carbocycles. The van der Waals surface area contributed by atoms with E-state index < -0.39 is 20.0 Å². The fourth-order valence-corrected chi connectivity index (χ4v) is 5.14. The highest BCUT2D eigenvalue weighted by Gasteiger charge is 2.19. The molecular formula is C19H19N5O4S2. The maximum Gasteiger partial charge on any atom is 0.264 e. The lowest BCUT2D eigenvalue weighted by Gasteiger charge is -2.18. The largest absolute Gasteiger partial charge is 0.312 e. The van der Waals surface area contributed by atoms with E-state index in [1.165, 1.54) is 36.7 Å². The van der Waals surface area contributed by atoms with Crippen molar-refractivity contribution in [3.05, 3.63) is 72.1 Å². The molecule has 0 bridgehead atoms. The Labute approximate surface area is 174 Å². The number of nitrogens with one attached hydrogen (secondary N) is 3. The van der Waals surface area contributed by atoms with Crippen LogP contribution >= 0.6 is 0 Å². The molecule has 0 unspecified atom stereocenters. The maximum absolute atomic E-state index is 12.7. The average molecular weight is 446 g/mol. The third-order valence-electron chi connectivity index (χ3n) is 4.58. The number of aromatic nitrogens is 2. The van der Waals surface area contributed by atoms with Crippen LogP contribution in [0.25, 0.3) is 0 Å². The van der Waals surface area contributed by atoms with Gasteiger partial charge in [-0.05, 0) is 66.6 Å². The zero-order chi connectivity index (χ0) is 21.2. The van der Waals surface area contributed by atoms with E-state index in [1.807, 2.05) is 6.07 Å². The zero-order valence-corrected chi connectivity index (χ0v) is 17.4. The lowest BCUT2D eigenvalue weighted by atomic mass is 10.0. The van der Waals surface area contributed by atoms with Gasteiger partial charge in [-0.1, -0.05) is 6.07 Å². The van der Waals surface area contributed by atoms with Gasteiger partial charge >= 0.3 is 0 Å². The Kier molecular flexibility index (Phi) is 5.41. The van der Waals surface area contributed by atoms with Crippen molar-refractivity contribution in [3.63, 3.8) is 0 Å². The number of sulfonamides is 2. The van der Waals surface area contributed by atoms with Crippen molar-refractivity contribution >= 4 is 31.7 Å². The van der Waals surface area contributed by atoms with Crippen molar-refractivity contribution < 1.29 is 16.8 Å². The predicted molar refractivity (Wildman–Crippen MR) is 112 cm³/mol. The molecule has 3 N–H and O–H groups in total. The van der Waals surface area contributed by atoms with Gasteiger partial charge in [0.2, 0.25) is 5.95 Å². The van der Waals surface area contributed by atoms with Crippen LogP contribution in [0.3, 0.4) is 0 Å². The van der Waals surface area contributed by atoms with Crippen LogP contribution in [0.1, 0.15) is 11.1 Å². The molecule has 0 radical (unpaired) electrons. The molecule has 2 heterocycles. The number of rotatable bonds is 6. The van der Waals surface area contributed by atoms with Crippen molar-refractivity contribution in [2.45, 2.75) is 22.8 Å². The molecule has 1 aromatic heterocycles. The summed E-state index contributed by atoms with van der Waals surface area (Å²) in [5.74, 6) is -0.0517. The first-order chi connectivity index (χ1) is 14.3. The molecule has 0 spiro atoms. The first kappa shape index (κ1) is 20.3. The summed E-state index contributed by atoms with van der Waals surface area (Å²) in [6.07, 6.45) is 3.69. The van der Waals surface area contributed by atoms with Crippen molar-refractivity contribution in [1.29, 1.82) is 0 Å². The number of fused-ring (bicyclic) bond motifs is 1. The Hall–Kier alpha value is -3.02. The Morgan fingerprint density at radius 1 is 0.800 bits per heavy atom. The summed E-state index contributed by atoms with van der Waals surface area (Å²) in [7, 11) is -7.70. The second kappa shape index (κ2) is 8.01. The van der Waals surface area contributed by atoms with Crippen molar-refractivity contribution in [3.8, 4) is 0 Å². The van der Waals surface area contributed by atoms with E-state index in [0.717, 1.165) is 24.1 Å². The summed E-state index contributed by atoms with van der Waals surface area (Å²) in [4.78, 5) is 7.76. The topological polar surface area (TPSA) is 130 Å². The zero-order valence-electron chi connectivity index (χ0n) is 15.7. The highest BCUT2D eigenvalue weighted by atomic mass is 32.2. The molecule has 30 heavy (non-hydrogen) atoms. The molecule has 0 atom stereocenters. The minimum Gasteiger partial charge on any atom is -0.312 e. The van der Waals surface area contributed by atoms with Crippen LogP contribution in [0, 0.1) is 0 Å². The highest BCUT2D eigenvalue weighted by molar-refractivity contribution is 7.93. The summed E-state index contributed by atoms with van der Waals surface area (Å²) in [5, 5.41) is 3.22. The van der Waals surface area contributed by atoms with Crippen LogP contribution in [0.5, 0.6) is 0 Å². The third kappa shape index (κ3) is 4.42. The Bertz CT molecular complexity index is 1260. The van der Waals surface area contributed by atoms with Crippen LogP contribution in [0.2, 0.25) is 0 Å². The molecule has 2 aromatic carbocycles. The van der Waals surface area contributed by atoms with E-state index in [0.29, 0.717) is 6.54 Å². The Balaban J connectivity index is 1.51. The third-order valence-corrected chi connectivity index (χ3v) is 7.31. The van der Waals surface area contributed by atoms with E-state index in [9.17, 15) is 16.8 Å². The molecule has 9 nitrogen and oxygen atoms in total. The normalized spacial score (nSPS) is 14.0. The van der Waals surface area contributed by atoms with Crippen molar-refractivity contribution in [2.75, 3.05) is 16.0 Å². The minimum atomic E-state index is -3.90. The van der Waals surface area contributed by atoms with E-state index in [1.54, 1.807) is 18.2 Å². The van der Waals surface area contributed by atoms with Gasteiger partial charge in [0.15, 0.2) is 0 Å². The second-order valence-electron chi connectivity index (χ2n) is 6.67. The van der Waals surface area contributed by atoms with E-state index in [2.05, 4.69) is 24.7 Å². The lowest BCUT2D eigenvalue weighted by molar-refractivity contribution is 0.599. The van der Waals surface area contributed by atoms with Gasteiger partial charge in [-0.2, -0.15) is 0 Å². The van der Waals surface area contributed by atoms with E-state index >= 15 is 0 Å². The quantitative estimate of drug-likeness (QED) is 0.527.